The first kappa shape index (κ1) is 18.4. The summed E-state index contributed by atoms with van der Waals surface area (Å²) in [7, 11) is 4.51. The summed E-state index contributed by atoms with van der Waals surface area (Å²) in [6.45, 7) is 9.00. The van der Waals surface area contributed by atoms with Gasteiger partial charge in [-0.1, -0.05) is 74.5 Å². The Bertz CT molecular complexity index is 502. The summed E-state index contributed by atoms with van der Waals surface area (Å²) in [5.74, 6) is 0.709. The van der Waals surface area contributed by atoms with Gasteiger partial charge in [-0.25, -0.2) is 0 Å². The molecule has 1 atom stereocenters. The first-order chi connectivity index (χ1) is 10.5. The van der Waals surface area contributed by atoms with Gasteiger partial charge in [0.2, 0.25) is 0 Å². The van der Waals surface area contributed by atoms with E-state index in [1.807, 2.05) is 0 Å². The van der Waals surface area contributed by atoms with Crippen LogP contribution < -0.4 is 0 Å². The Morgan fingerprint density at radius 1 is 0.818 bits per heavy atom. The van der Waals surface area contributed by atoms with Crippen LogP contribution in [0.15, 0.2) is 60.7 Å². The van der Waals surface area contributed by atoms with E-state index in [1.165, 1.54) is 24.1 Å². The van der Waals surface area contributed by atoms with Crippen LogP contribution in [0, 0.1) is 0 Å². The third-order valence-electron chi connectivity index (χ3n) is 4.29. The van der Waals surface area contributed by atoms with E-state index in [0.717, 1.165) is 11.0 Å². The molecule has 0 fully saturated rings. The number of benzene rings is 2. The summed E-state index contributed by atoms with van der Waals surface area (Å²) in [6, 6.07) is 21.3. The fraction of sp³-hybridized carbons (Fsp3) is 0.429. The van der Waals surface area contributed by atoms with E-state index in [1.54, 1.807) is 0 Å². The highest BCUT2D eigenvalue weighted by Gasteiger charge is 2.11. The molecule has 0 aliphatic carbocycles. The fourth-order valence-electron chi connectivity index (χ4n) is 2.21. The van der Waals surface area contributed by atoms with Crippen molar-refractivity contribution in [3.05, 3.63) is 71.8 Å². The molecule has 1 heteroatoms. The van der Waals surface area contributed by atoms with Crippen LogP contribution in [-0.2, 0) is 6.54 Å². The van der Waals surface area contributed by atoms with Gasteiger partial charge in [0, 0.05) is 5.56 Å². The zero-order valence-corrected chi connectivity index (χ0v) is 14.9. The van der Waals surface area contributed by atoms with Crippen LogP contribution in [0.1, 0.15) is 44.2 Å². The number of quaternary nitrogens is 1. The Hall–Kier alpha value is -1.60. The van der Waals surface area contributed by atoms with Crippen molar-refractivity contribution >= 4 is 0 Å². The predicted octanol–water partition coefficient (Wildman–Crippen LogP) is 5.48. The molecule has 0 aliphatic heterocycles. The maximum atomic E-state index is 2.26. The Balaban J connectivity index is 0.000000224. The van der Waals surface area contributed by atoms with E-state index in [0.29, 0.717) is 5.92 Å². The van der Waals surface area contributed by atoms with Gasteiger partial charge in [-0.3, -0.25) is 0 Å². The molecule has 0 bridgehead atoms. The molecule has 0 heterocycles. The smallest absolute Gasteiger partial charge is 0.104 e. The van der Waals surface area contributed by atoms with Crippen molar-refractivity contribution in [1.82, 2.24) is 0 Å². The van der Waals surface area contributed by atoms with Crippen molar-refractivity contribution in [2.75, 3.05) is 20.6 Å². The second-order valence-electron chi connectivity index (χ2n) is 6.62. The first-order valence-corrected chi connectivity index (χ1v) is 8.39. The zero-order chi connectivity index (χ0) is 16.4. The Labute approximate surface area is 137 Å². The maximum Gasteiger partial charge on any atom is 0.104 e. The molecular formula is C21H32N+. The molecule has 0 spiro atoms. The van der Waals surface area contributed by atoms with Gasteiger partial charge in [-0.15, -0.1) is 0 Å². The van der Waals surface area contributed by atoms with Gasteiger partial charge in [0.1, 0.15) is 6.54 Å². The van der Waals surface area contributed by atoms with E-state index in [-0.39, 0.29) is 0 Å². The summed E-state index contributed by atoms with van der Waals surface area (Å²) in [6.07, 6.45) is 1.23. The van der Waals surface area contributed by atoms with E-state index in [4.69, 9.17) is 0 Å². The van der Waals surface area contributed by atoms with Gasteiger partial charge in [0.25, 0.3) is 0 Å². The minimum Gasteiger partial charge on any atom is -0.325 e. The third kappa shape index (κ3) is 6.91. The van der Waals surface area contributed by atoms with Crippen LogP contribution in [0.5, 0.6) is 0 Å². The molecule has 0 saturated carbocycles. The van der Waals surface area contributed by atoms with Crippen LogP contribution in [0.3, 0.4) is 0 Å². The van der Waals surface area contributed by atoms with Crippen molar-refractivity contribution in [2.45, 2.75) is 39.7 Å². The largest absolute Gasteiger partial charge is 0.325 e. The minimum atomic E-state index is 0.709. The molecule has 2 rings (SSSR count). The molecular weight excluding hydrogens is 266 g/mol. The molecule has 2 aromatic carbocycles. The normalized spacial score (nSPS) is 12.2. The SMILES string of the molecule is CCC(C)c1ccccc1.CC[N+](C)(C)Cc1ccccc1. The summed E-state index contributed by atoms with van der Waals surface area (Å²) < 4.78 is 1.06. The van der Waals surface area contributed by atoms with Gasteiger partial charge in [-0.05, 0) is 24.8 Å². The maximum absolute atomic E-state index is 2.26. The number of hydrogen-bond donors (Lipinski definition) is 0. The molecule has 0 amide bonds. The Morgan fingerprint density at radius 3 is 1.77 bits per heavy atom. The van der Waals surface area contributed by atoms with Gasteiger partial charge >= 0.3 is 0 Å². The number of nitrogens with zero attached hydrogens (tertiary/aromatic N) is 1. The molecule has 0 aliphatic rings. The molecule has 2 aromatic rings. The van der Waals surface area contributed by atoms with Crippen LogP contribution in [0.2, 0.25) is 0 Å². The van der Waals surface area contributed by atoms with E-state index in [2.05, 4.69) is 95.5 Å². The highest BCUT2D eigenvalue weighted by atomic mass is 15.3. The Morgan fingerprint density at radius 2 is 1.32 bits per heavy atom. The van der Waals surface area contributed by atoms with E-state index in [9.17, 15) is 0 Å². The van der Waals surface area contributed by atoms with Crippen molar-refractivity contribution in [3.63, 3.8) is 0 Å². The van der Waals surface area contributed by atoms with Gasteiger partial charge in [0.05, 0.1) is 20.6 Å². The lowest BCUT2D eigenvalue weighted by atomic mass is 9.99. The van der Waals surface area contributed by atoms with Gasteiger partial charge < -0.3 is 4.48 Å². The molecule has 0 aromatic heterocycles. The van der Waals surface area contributed by atoms with Crippen molar-refractivity contribution in [3.8, 4) is 0 Å². The molecule has 0 N–H and O–H groups in total. The topological polar surface area (TPSA) is 0 Å². The highest BCUT2D eigenvalue weighted by molar-refractivity contribution is 5.18. The Kier molecular flexibility index (Phi) is 7.90. The van der Waals surface area contributed by atoms with Crippen molar-refractivity contribution in [2.24, 2.45) is 0 Å². The molecule has 1 unspecified atom stereocenters. The summed E-state index contributed by atoms with van der Waals surface area (Å²) >= 11 is 0. The second kappa shape index (κ2) is 9.42. The molecule has 0 radical (unpaired) electrons. The lowest BCUT2D eigenvalue weighted by Gasteiger charge is -2.28. The van der Waals surface area contributed by atoms with Crippen LogP contribution in [0.4, 0.5) is 0 Å². The van der Waals surface area contributed by atoms with Crippen LogP contribution in [0.25, 0.3) is 0 Å². The lowest BCUT2D eigenvalue weighted by Crippen LogP contribution is -2.38. The van der Waals surface area contributed by atoms with Crippen LogP contribution in [-0.4, -0.2) is 25.1 Å². The minimum absolute atomic E-state index is 0.709. The molecule has 1 nitrogen and oxygen atoms in total. The summed E-state index contributed by atoms with van der Waals surface area (Å²) in [5.41, 5.74) is 2.87. The lowest BCUT2D eigenvalue weighted by molar-refractivity contribution is -0.901. The first-order valence-electron chi connectivity index (χ1n) is 8.39. The predicted molar refractivity (Wildman–Crippen MR) is 97.9 cm³/mol. The monoisotopic (exact) mass is 298 g/mol. The fourth-order valence-corrected chi connectivity index (χ4v) is 2.21. The summed E-state index contributed by atoms with van der Waals surface area (Å²) in [4.78, 5) is 0. The average molecular weight is 298 g/mol. The average Bonchev–Trinajstić information content (AvgIpc) is 2.56. The molecule has 120 valence electrons. The van der Waals surface area contributed by atoms with Gasteiger partial charge in [0.15, 0.2) is 0 Å². The number of hydrogen-bond acceptors (Lipinski definition) is 0. The van der Waals surface area contributed by atoms with Crippen molar-refractivity contribution < 1.29 is 4.48 Å². The van der Waals surface area contributed by atoms with Gasteiger partial charge in [-0.2, -0.15) is 0 Å². The quantitative estimate of drug-likeness (QED) is 0.641. The zero-order valence-electron chi connectivity index (χ0n) is 14.9. The van der Waals surface area contributed by atoms with E-state index >= 15 is 0 Å². The van der Waals surface area contributed by atoms with E-state index < -0.39 is 0 Å². The highest BCUT2D eigenvalue weighted by Crippen LogP contribution is 2.16. The standard InChI is InChI=1S/C11H18N.C10H14/c1-4-12(2,3)10-11-8-6-5-7-9-11;1-3-9(2)10-7-5-4-6-8-10/h5-9H,4,10H2,1-3H3;4-9H,3H2,1-2H3/q+1;. The van der Waals surface area contributed by atoms with Crippen LogP contribution >= 0.6 is 0 Å². The second-order valence-corrected chi connectivity index (χ2v) is 6.62. The van der Waals surface area contributed by atoms with Crippen molar-refractivity contribution in [1.29, 1.82) is 0 Å². The molecule has 0 saturated heterocycles. The summed E-state index contributed by atoms with van der Waals surface area (Å²) in [5, 5.41) is 0. The third-order valence-corrected chi connectivity index (χ3v) is 4.29. The number of rotatable bonds is 5. The molecule has 22 heavy (non-hydrogen) atoms.